The van der Waals surface area contributed by atoms with Crippen LogP contribution in [0, 0.1) is 13.8 Å². The Morgan fingerprint density at radius 3 is 2.24 bits per heavy atom. The number of carbonyl (C=O) groups excluding carboxylic acids is 2. The standard InChI is InChI=1S/C23H22N2O2S.BrH/c1-4-13-25-22(27)20(14-18-9-5-16(2)6-10-18)24-23(25)28-15-21(26)19-11-7-17(3)8-12-19;/h4-12,14H,1,13,15H2,2-3H3;1H/p-1/b20-14-;. The SMILES string of the molecule is C=CCN1C(=O)/C(=C/c2ccc(C)cc2)N=C1SCC(=O)c1ccc(C)cc1.[Br-]. The van der Waals surface area contributed by atoms with Gasteiger partial charge in [-0.3, -0.25) is 14.5 Å². The zero-order chi connectivity index (χ0) is 20.1. The summed E-state index contributed by atoms with van der Waals surface area (Å²) in [7, 11) is 0. The van der Waals surface area contributed by atoms with Crippen molar-refractivity contribution in [3.05, 3.63) is 89.1 Å². The molecule has 0 atom stereocenters. The fourth-order valence-corrected chi connectivity index (χ4v) is 3.61. The minimum atomic E-state index is -0.175. The number of benzene rings is 2. The minimum Gasteiger partial charge on any atom is -1.00 e. The fraction of sp³-hybridized carbons (Fsp3) is 0.174. The fourth-order valence-electron chi connectivity index (χ4n) is 2.70. The van der Waals surface area contributed by atoms with E-state index < -0.39 is 0 Å². The molecule has 3 rings (SSSR count). The van der Waals surface area contributed by atoms with Gasteiger partial charge in [-0.25, -0.2) is 4.99 Å². The van der Waals surface area contributed by atoms with Gasteiger partial charge < -0.3 is 17.0 Å². The molecular weight excluding hydrogens is 448 g/mol. The highest BCUT2D eigenvalue weighted by Gasteiger charge is 2.30. The lowest BCUT2D eigenvalue weighted by atomic mass is 10.1. The van der Waals surface area contributed by atoms with Crippen LogP contribution < -0.4 is 17.0 Å². The van der Waals surface area contributed by atoms with Crippen molar-refractivity contribution in [1.82, 2.24) is 4.90 Å². The van der Waals surface area contributed by atoms with Crippen molar-refractivity contribution in [1.29, 1.82) is 0 Å². The van der Waals surface area contributed by atoms with Crippen molar-refractivity contribution in [2.45, 2.75) is 13.8 Å². The number of aliphatic imine (C=N–C) groups is 1. The van der Waals surface area contributed by atoms with E-state index in [0.29, 0.717) is 23.0 Å². The Morgan fingerprint density at radius 2 is 1.66 bits per heavy atom. The van der Waals surface area contributed by atoms with Crippen LogP contribution in [-0.4, -0.2) is 34.1 Å². The molecule has 0 bridgehead atoms. The quantitative estimate of drug-likeness (QED) is 0.367. The summed E-state index contributed by atoms with van der Waals surface area (Å²) in [6.45, 7) is 8.07. The Balaban J connectivity index is 0.00000300. The highest BCUT2D eigenvalue weighted by atomic mass is 79.9. The van der Waals surface area contributed by atoms with E-state index in [0.717, 1.165) is 16.7 Å². The average Bonchev–Trinajstić information content (AvgIpc) is 2.98. The van der Waals surface area contributed by atoms with E-state index in [9.17, 15) is 9.59 Å². The van der Waals surface area contributed by atoms with Crippen LogP contribution in [0.15, 0.2) is 71.9 Å². The van der Waals surface area contributed by atoms with Crippen molar-refractivity contribution < 1.29 is 26.6 Å². The van der Waals surface area contributed by atoms with Gasteiger partial charge in [-0.15, -0.1) is 6.58 Å². The number of thioether (sulfide) groups is 1. The first kappa shape index (κ1) is 22.8. The predicted molar refractivity (Wildman–Crippen MR) is 116 cm³/mol. The number of nitrogens with zero attached hydrogens (tertiary/aromatic N) is 2. The number of halogens is 1. The zero-order valence-electron chi connectivity index (χ0n) is 16.4. The minimum absolute atomic E-state index is 0. The average molecular weight is 470 g/mol. The van der Waals surface area contributed by atoms with E-state index in [-0.39, 0.29) is 34.4 Å². The molecule has 2 aromatic carbocycles. The van der Waals surface area contributed by atoms with E-state index in [2.05, 4.69) is 11.6 Å². The third-order valence-corrected chi connectivity index (χ3v) is 5.29. The Bertz CT molecular complexity index is 963. The van der Waals surface area contributed by atoms with Gasteiger partial charge in [0.25, 0.3) is 5.91 Å². The number of amides is 1. The molecule has 0 radical (unpaired) electrons. The van der Waals surface area contributed by atoms with Crippen LogP contribution >= 0.6 is 11.8 Å². The largest absolute Gasteiger partial charge is 1.00 e. The highest BCUT2D eigenvalue weighted by molar-refractivity contribution is 8.14. The van der Waals surface area contributed by atoms with Gasteiger partial charge in [-0.1, -0.05) is 77.5 Å². The summed E-state index contributed by atoms with van der Waals surface area (Å²) in [5.74, 6) is 0.0566. The van der Waals surface area contributed by atoms with Gasteiger partial charge in [0.05, 0.1) is 5.75 Å². The van der Waals surface area contributed by atoms with Crippen LogP contribution in [0.25, 0.3) is 6.08 Å². The number of hydrogen-bond acceptors (Lipinski definition) is 4. The summed E-state index contributed by atoms with van der Waals surface area (Å²) in [5, 5.41) is 0.531. The molecule has 0 aromatic heterocycles. The van der Waals surface area contributed by atoms with Crippen LogP contribution in [-0.2, 0) is 4.79 Å². The Hall–Kier alpha value is -2.44. The van der Waals surface area contributed by atoms with Crippen molar-refractivity contribution in [2.24, 2.45) is 4.99 Å². The molecule has 0 spiro atoms. The van der Waals surface area contributed by atoms with Gasteiger partial charge in [-0.2, -0.15) is 0 Å². The third kappa shape index (κ3) is 5.78. The highest BCUT2D eigenvalue weighted by Crippen LogP contribution is 2.24. The van der Waals surface area contributed by atoms with Crippen LogP contribution in [0.1, 0.15) is 27.0 Å². The Morgan fingerprint density at radius 1 is 1.07 bits per heavy atom. The molecule has 0 saturated carbocycles. The molecule has 150 valence electrons. The number of carbonyl (C=O) groups is 2. The van der Waals surface area contributed by atoms with Crippen LogP contribution in [0.5, 0.6) is 0 Å². The Kier molecular flexibility index (Phi) is 8.17. The molecule has 0 N–H and O–H groups in total. The third-order valence-electron chi connectivity index (χ3n) is 4.31. The van der Waals surface area contributed by atoms with E-state index >= 15 is 0 Å². The number of rotatable bonds is 6. The molecule has 1 aliphatic heterocycles. The lowest BCUT2D eigenvalue weighted by molar-refractivity contribution is -0.122. The summed E-state index contributed by atoms with van der Waals surface area (Å²) in [4.78, 5) is 31.2. The van der Waals surface area contributed by atoms with E-state index in [4.69, 9.17) is 0 Å². The summed E-state index contributed by atoms with van der Waals surface area (Å²) >= 11 is 1.28. The first-order chi connectivity index (χ1) is 13.5. The summed E-state index contributed by atoms with van der Waals surface area (Å²) in [6, 6.07) is 15.4. The second-order valence-corrected chi connectivity index (χ2v) is 7.56. The monoisotopic (exact) mass is 469 g/mol. The van der Waals surface area contributed by atoms with Crippen LogP contribution in [0.3, 0.4) is 0 Å². The van der Waals surface area contributed by atoms with E-state index in [1.165, 1.54) is 11.8 Å². The van der Waals surface area contributed by atoms with Crippen LogP contribution in [0.4, 0.5) is 0 Å². The number of amidine groups is 1. The topological polar surface area (TPSA) is 49.7 Å². The molecule has 29 heavy (non-hydrogen) atoms. The second kappa shape index (κ2) is 10.4. The Labute approximate surface area is 186 Å². The van der Waals surface area contributed by atoms with Crippen LogP contribution in [0.2, 0.25) is 0 Å². The molecule has 2 aromatic rings. The van der Waals surface area contributed by atoms with Crippen molar-refractivity contribution in [2.75, 3.05) is 12.3 Å². The summed E-state index contributed by atoms with van der Waals surface area (Å²) in [5.41, 5.74) is 4.21. The van der Waals surface area contributed by atoms with Gasteiger partial charge in [0.15, 0.2) is 11.0 Å². The maximum atomic E-state index is 12.7. The smallest absolute Gasteiger partial charge is 0.278 e. The lowest BCUT2D eigenvalue weighted by Gasteiger charge is -2.15. The first-order valence-corrected chi connectivity index (χ1v) is 9.99. The van der Waals surface area contributed by atoms with Crippen molar-refractivity contribution in [3.8, 4) is 0 Å². The molecule has 0 aliphatic carbocycles. The maximum absolute atomic E-state index is 12.7. The molecule has 1 amide bonds. The molecule has 1 aliphatic rings. The second-order valence-electron chi connectivity index (χ2n) is 6.62. The molecule has 0 unspecified atom stereocenters. The van der Waals surface area contributed by atoms with Crippen molar-refractivity contribution in [3.63, 3.8) is 0 Å². The molecule has 4 nitrogen and oxygen atoms in total. The van der Waals surface area contributed by atoms with Gasteiger partial charge >= 0.3 is 0 Å². The molecule has 0 fully saturated rings. The number of Topliss-reactive ketones (excluding diaryl/α,β-unsaturated/α-hetero) is 1. The molecule has 6 heteroatoms. The number of hydrogen-bond donors (Lipinski definition) is 0. The lowest BCUT2D eigenvalue weighted by Crippen LogP contribution is -3.00. The van der Waals surface area contributed by atoms with Crippen molar-refractivity contribution >= 4 is 34.7 Å². The maximum Gasteiger partial charge on any atom is 0.278 e. The molecule has 1 heterocycles. The summed E-state index contributed by atoms with van der Waals surface area (Å²) in [6.07, 6.45) is 3.43. The predicted octanol–water partition coefficient (Wildman–Crippen LogP) is 1.65. The van der Waals surface area contributed by atoms with Gasteiger partial charge in [-0.05, 0) is 25.5 Å². The summed E-state index contributed by atoms with van der Waals surface area (Å²) < 4.78 is 0. The first-order valence-electron chi connectivity index (χ1n) is 9.00. The van der Waals surface area contributed by atoms with Gasteiger partial charge in [0.2, 0.25) is 0 Å². The van der Waals surface area contributed by atoms with E-state index in [1.807, 2.05) is 62.4 Å². The number of ketones is 1. The molecular formula is C23H22BrN2O2S-. The zero-order valence-corrected chi connectivity index (χ0v) is 18.8. The van der Waals surface area contributed by atoms with Gasteiger partial charge in [0, 0.05) is 12.1 Å². The normalized spacial score (nSPS) is 14.6. The number of aryl methyl sites for hydroxylation is 2. The van der Waals surface area contributed by atoms with Gasteiger partial charge in [0.1, 0.15) is 5.70 Å². The van der Waals surface area contributed by atoms with E-state index in [1.54, 1.807) is 17.1 Å². The molecule has 0 saturated heterocycles.